The van der Waals surface area contributed by atoms with E-state index in [1.165, 1.54) is 30.2 Å². The second kappa shape index (κ2) is 14.6. The summed E-state index contributed by atoms with van der Waals surface area (Å²) >= 11 is 5.30. The molecule has 4 rings (SSSR count). The highest BCUT2D eigenvalue weighted by molar-refractivity contribution is 6.31. The molecule has 3 N–H and O–H groups in total. The predicted molar refractivity (Wildman–Crippen MR) is 141 cm³/mol. The topological polar surface area (TPSA) is 163 Å². The Labute approximate surface area is 213 Å². The minimum absolute atomic E-state index is 0. The molecule has 2 aromatic heterocycles. The van der Waals surface area contributed by atoms with Gasteiger partial charge in [0.1, 0.15) is 0 Å². The van der Waals surface area contributed by atoms with Crippen molar-refractivity contribution in [2.75, 3.05) is 11.1 Å². The Kier molecular flexibility index (Phi) is 11.9. The average molecular weight is 512 g/mol. The van der Waals surface area contributed by atoms with E-state index in [4.69, 9.17) is 17.3 Å². The van der Waals surface area contributed by atoms with Crippen LogP contribution in [0, 0.1) is 34.1 Å². The van der Waals surface area contributed by atoms with Crippen LogP contribution in [-0.2, 0) is 0 Å². The van der Waals surface area contributed by atoms with Gasteiger partial charge >= 0.3 is 11.5 Å². The van der Waals surface area contributed by atoms with Crippen molar-refractivity contribution >= 4 is 40.3 Å². The molecule has 0 saturated heterocycles. The van der Waals surface area contributed by atoms with E-state index >= 15 is 0 Å². The number of nitro groups is 2. The zero-order valence-corrected chi connectivity index (χ0v) is 19.6. The smallest absolute Gasteiger partial charge is 0.399 e. The normalized spacial score (nSPS) is 9.31. The third-order valence-electron chi connectivity index (χ3n) is 4.11. The quantitative estimate of drug-likeness (QED) is 0.182. The number of nitrogen functional groups attached to an aromatic ring is 1. The van der Waals surface area contributed by atoms with Gasteiger partial charge in [0.2, 0.25) is 11.0 Å². The summed E-state index contributed by atoms with van der Waals surface area (Å²) in [5.74, 6) is -0.160. The summed E-state index contributed by atoms with van der Waals surface area (Å²) in [5, 5.41) is 23.6. The number of pyridine rings is 1. The zero-order valence-electron chi connectivity index (χ0n) is 18.8. The first-order valence-corrected chi connectivity index (χ1v) is 10.4. The van der Waals surface area contributed by atoms with Crippen LogP contribution in [0.4, 0.5) is 28.7 Å². The largest absolute Gasteiger partial charge is 0.401 e. The van der Waals surface area contributed by atoms with Crippen LogP contribution in [0.15, 0.2) is 79.3 Å². The number of nitrogens with one attached hydrogen (secondary N) is 1. The minimum atomic E-state index is -0.685. The van der Waals surface area contributed by atoms with Gasteiger partial charge < -0.3 is 21.2 Å². The number of nitrogens with zero attached hydrogens (tertiary/aromatic N) is 5. The Hall–Kier alpha value is -4.64. The van der Waals surface area contributed by atoms with Gasteiger partial charge in [-0.1, -0.05) is 43.3 Å². The van der Waals surface area contributed by atoms with Crippen molar-refractivity contribution < 1.29 is 9.85 Å². The Bertz CT molecular complexity index is 1290. The Morgan fingerprint density at radius 1 is 0.833 bits per heavy atom. The van der Waals surface area contributed by atoms with E-state index in [0.29, 0.717) is 0 Å². The molecule has 36 heavy (non-hydrogen) atoms. The first kappa shape index (κ1) is 29.4. The van der Waals surface area contributed by atoms with E-state index in [2.05, 4.69) is 20.3 Å². The van der Waals surface area contributed by atoms with Crippen molar-refractivity contribution in [3.05, 3.63) is 116 Å². The summed E-state index contributed by atoms with van der Waals surface area (Å²) < 4.78 is 0. The molecule has 188 valence electrons. The van der Waals surface area contributed by atoms with Gasteiger partial charge in [-0.3, -0.25) is 10.1 Å². The Morgan fingerprint density at radius 3 is 1.97 bits per heavy atom. The number of hydrogen-bond donors (Lipinski definition) is 2. The molecule has 0 aliphatic heterocycles. The highest BCUT2D eigenvalue weighted by atomic mass is 35.5. The molecule has 0 fully saturated rings. The van der Waals surface area contributed by atoms with E-state index in [9.17, 15) is 20.2 Å². The maximum atomic E-state index is 10.8. The average Bonchev–Trinajstić information content (AvgIpc) is 2.80. The van der Waals surface area contributed by atoms with Crippen LogP contribution in [0.1, 0.15) is 18.6 Å². The molecule has 0 amide bonds. The molecule has 0 bridgehead atoms. The van der Waals surface area contributed by atoms with Crippen LogP contribution in [-0.4, -0.2) is 24.8 Å². The number of benzene rings is 2. The van der Waals surface area contributed by atoms with Gasteiger partial charge in [-0.25, -0.2) is 9.97 Å². The van der Waals surface area contributed by atoms with E-state index in [0.717, 1.165) is 16.9 Å². The van der Waals surface area contributed by atoms with Crippen LogP contribution in [0.5, 0.6) is 0 Å². The van der Waals surface area contributed by atoms with Gasteiger partial charge in [0, 0.05) is 23.6 Å². The van der Waals surface area contributed by atoms with Gasteiger partial charge in [-0.05, 0) is 65.2 Å². The first-order chi connectivity index (χ1) is 16.7. The second-order valence-corrected chi connectivity index (χ2v) is 7.32. The SMILES string of the molecule is C.Cc1cccc(N)c1.Cc1cccc(Nc2ncccc2[N+](=O)[O-])c1.O=[N+]([O-])c1nccnc1Cl. The van der Waals surface area contributed by atoms with Crippen molar-refractivity contribution in [3.8, 4) is 0 Å². The van der Waals surface area contributed by atoms with Crippen molar-refractivity contribution in [3.63, 3.8) is 0 Å². The number of anilines is 3. The number of hydrogen-bond acceptors (Lipinski definition) is 9. The van der Waals surface area contributed by atoms with Gasteiger partial charge in [-0.2, -0.15) is 0 Å². The van der Waals surface area contributed by atoms with Crippen LogP contribution >= 0.6 is 11.6 Å². The fraction of sp³-hybridized carbons (Fsp3) is 0.125. The zero-order chi connectivity index (χ0) is 25.8. The lowest BCUT2D eigenvalue weighted by atomic mass is 10.2. The molecule has 0 radical (unpaired) electrons. The summed E-state index contributed by atoms with van der Waals surface area (Å²) in [6.45, 7) is 3.98. The molecule has 4 aromatic rings. The molecular formula is C24H26ClN7O4. The first-order valence-electron chi connectivity index (χ1n) is 10.0. The number of nitrogens with two attached hydrogens (primary N) is 1. The molecule has 11 nitrogen and oxygen atoms in total. The molecular weight excluding hydrogens is 486 g/mol. The summed E-state index contributed by atoms with van der Waals surface area (Å²) in [6, 6.07) is 18.3. The van der Waals surface area contributed by atoms with Crippen molar-refractivity contribution in [1.82, 2.24) is 15.0 Å². The third-order valence-corrected chi connectivity index (χ3v) is 4.38. The lowest BCUT2D eigenvalue weighted by Gasteiger charge is -2.06. The molecule has 0 unspecified atom stereocenters. The highest BCUT2D eigenvalue weighted by Gasteiger charge is 2.14. The molecule has 2 aromatic carbocycles. The molecule has 0 aliphatic rings. The fourth-order valence-electron chi connectivity index (χ4n) is 2.61. The Balaban J connectivity index is 0.000000291. The lowest BCUT2D eigenvalue weighted by molar-refractivity contribution is -0.389. The second-order valence-electron chi connectivity index (χ2n) is 6.96. The van der Waals surface area contributed by atoms with Crippen molar-refractivity contribution in [2.24, 2.45) is 0 Å². The van der Waals surface area contributed by atoms with Crippen LogP contribution in [0.25, 0.3) is 0 Å². The number of rotatable bonds is 4. The summed E-state index contributed by atoms with van der Waals surface area (Å²) in [7, 11) is 0. The molecule has 0 spiro atoms. The van der Waals surface area contributed by atoms with E-state index in [-0.39, 0.29) is 24.1 Å². The molecule has 0 atom stereocenters. The summed E-state index contributed by atoms with van der Waals surface area (Å²) in [5.41, 5.74) is 9.34. The van der Waals surface area contributed by atoms with Crippen LogP contribution in [0.3, 0.4) is 0 Å². The third kappa shape index (κ3) is 9.69. The maximum Gasteiger partial charge on any atom is 0.401 e. The molecule has 0 aliphatic carbocycles. The van der Waals surface area contributed by atoms with Crippen molar-refractivity contribution in [1.29, 1.82) is 0 Å². The Morgan fingerprint density at radius 2 is 1.47 bits per heavy atom. The molecule has 2 heterocycles. The van der Waals surface area contributed by atoms with Gasteiger partial charge in [0.05, 0.1) is 11.1 Å². The number of aromatic nitrogens is 3. The van der Waals surface area contributed by atoms with E-state index < -0.39 is 15.7 Å². The molecule has 0 saturated carbocycles. The number of aryl methyl sites for hydroxylation is 2. The van der Waals surface area contributed by atoms with Crippen molar-refractivity contribution in [2.45, 2.75) is 21.3 Å². The van der Waals surface area contributed by atoms with Crippen LogP contribution in [0.2, 0.25) is 5.15 Å². The fourth-order valence-corrected chi connectivity index (χ4v) is 2.78. The monoisotopic (exact) mass is 511 g/mol. The molecule has 12 heteroatoms. The maximum absolute atomic E-state index is 10.8. The van der Waals surface area contributed by atoms with Gasteiger partial charge in [0.15, 0.2) is 6.20 Å². The predicted octanol–water partition coefficient (Wildman–Crippen LogP) is 6.29. The van der Waals surface area contributed by atoms with Gasteiger partial charge in [0.25, 0.3) is 0 Å². The van der Waals surface area contributed by atoms with Crippen LogP contribution < -0.4 is 11.1 Å². The lowest BCUT2D eigenvalue weighted by Crippen LogP contribution is -1.99. The summed E-state index contributed by atoms with van der Waals surface area (Å²) in [4.78, 5) is 30.5. The minimum Gasteiger partial charge on any atom is -0.399 e. The van der Waals surface area contributed by atoms with Gasteiger partial charge in [-0.15, -0.1) is 0 Å². The van der Waals surface area contributed by atoms with E-state index in [1.54, 1.807) is 6.07 Å². The summed E-state index contributed by atoms with van der Waals surface area (Å²) in [6.07, 6.45) is 4.02. The standard InChI is InChI=1S/C12H11N3O2.C7H9N.C4H2ClN3O2.CH4/c1-9-4-2-5-10(8-9)14-12-11(15(16)17)6-3-7-13-12;1-6-3-2-4-7(8)5-6;5-3-4(8(9)10)7-2-1-6-3;/h2-8H,1H3,(H,13,14);2-5H,8H2,1H3;1-2H;1H4. The highest BCUT2D eigenvalue weighted by Crippen LogP contribution is 2.24. The van der Waals surface area contributed by atoms with E-state index in [1.807, 2.05) is 62.4 Å². The number of halogens is 1.